The summed E-state index contributed by atoms with van der Waals surface area (Å²) in [5.74, 6) is -63.5. The lowest BCUT2D eigenvalue weighted by molar-refractivity contribution is 0.379. The van der Waals surface area contributed by atoms with Gasteiger partial charge < -0.3 is 0 Å². The monoisotopic (exact) mass is 918 g/mol. The Kier molecular flexibility index (Phi) is 12.9. The average molecular weight is 918 g/mol. The van der Waals surface area contributed by atoms with Crippen LogP contribution >= 0.6 is 0 Å². The first-order chi connectivity index (χ1) is 30.2. The third kappa shape index (κ3) is 7.27. The summed E-state index contributed by atoms with van der Waals surface area (Å²) in [4.78, 5) is 0. The molecule has 0 amide bonds. The molecule has 0 atom stereocenters. The highest BCUT2D eigenvalue weighted by Gasteiger charge is 2.52. The Morgan fingerprint density at radius 3 is 0.625 bits per heavy atom. The molecule has 0 N–H and O–H groups in total. The van der Waals surface area contributed by atoms with Crippen LogP contribution in [0.4, 0.5) is 83.4 Å². The fraction of sp³-hybridized carbons (Fsp3) is 0.0227. The van der Waals surface area contributed by atoms with E-state index in [2.05, 4.69) is 91.0 Å². The summed E-state index contributed by atoms with van der Waals surface area (Å²) in [5, 5.41) is 0. The highest BCUT2D eigenvalue weighted by Crippen LogP contribution is 2.32. The van der Waals surface area contributed by atoms with Gasteiger partial charge in [0.15, 0.2) is 64.0 Å². The van der Waals surface area contributed by atoms with Crippen molar-refractivity contribution in [3.8, 4) is 0 Å². The molecule has 0 heterocycles. The Morgan fingerprint density at radius 2 is 0.422 bits per heavy atom. The van der Waals surface area contributed by atoms with E-state index in [0.717, 1.165) is 0 Å². The summed E-state index contributed by atoms with van der Waals surface area (Å²) in [6.45, 7) is 0.143. The van der Waals surface area contributed by atoms with Crippen molar-refractivity contribution in [1.82, 2.24) is 0 Å². The van der Waals surface area contributed by atoms with Gasteiger partial charge in [0, 0.05) is 5.56 Å². The molecule has 0 bridgehead atoms. The molecule has 0 nitrogen and oxygen atoms in total. The van der Waals surface area contributed by atoms with E-state index in [9.17, 15) is 48.3 Å². The van der Waals surface area contributed by atoms with Crippen molar-refractivity contribution in [2.24, 2.45) is 0 Å². The highest BCUT2D eigenvalue weighted by molar-refractivity contribution is 7.20. The topological polar surface area (TPSA) is 0 Å². The van der Waals surface area contributed by atoms with Crippen LogP contribution in [0.2, 0.25) is 0 Å². The molecule has 20 heteroatoms. The van der Waals surface area contributed by atoms with E-state index in [1.54, 1.807) is 0 Å². The summed E-state index contributed by atoms with van der Waals surface area (Å²) >= 11 is 0. The summed E-state index contributed by atoms with van der Waals surface area (Å²) in [6.07, 6.45) is -7.05. The van der Waals surface area contributed by atoms with E-state index < -0.39 is 144 Å². The SMILES string of the molecule is Cc1c(F)c(F)c([B-](c2c(F)c(F)c(F)c(F)c2F)(c2c(F)c(F)c(F)c(F)c2F)c2c(F)c(F)c(F)c(F)c2F)c(F)c1F.c1ccc([C+](c2ccccc2)c2ccccc2)cc1. The van der Waals surface area contributed by atoms with E-state index in [4.69, 9.17) is 0 Å². The maximum absolute atomic E-state index is 15.6. The van der Waals surface area contributed by atoms with Crippen molar-refractivity contribution in [2.45, 2.75) is 6.92 Å². The smallest absolute Gasteiger partial charge is 0.200 e. The lowest BCUT2D eigenvalue weighted by Gasteiger charge is -2.45. The van der Waals surface area contributed by atoms with Crippen molar-refractivity contribution in [3.05, 3.63) is 230 Å². The Bertz CT molecular complexity index is 2450. The van der Waals surface area contributed by atoms with Crippen LogP contribution in [0, 0.1) is 123 Å². The first kappa shape index (κ1) is 46.6. The lowest BCUT2D eigenvalue weighted by atomic mass is 9.12. The number of rotatable bonds is 7. The second-order valence-corrected chi connectivity index (χ2v) is 13.6. The quantitative estimate of drug-likeness (QED) is 0.0373. The van der Waals surface area contributed by atoms with Crippen molar-refractivity contribution in [1.29, 1.82) is 0 Å². The first-order valence-electron chi connectivity index (χ1n) is 17.7. The van der Waals surface area contributed by atoms with E-state index in [-0.39, 0.29) is 6.92 Å². The molecule has 7 aromatic rings. The fourth-order valence-electron chi connectivity index (χ4n) is 7.33. The second kappa shape index (κ2) is 17.7. The molecule has 0 saturated heterocycles. The largest absolute Gasteiger partial charge is 0.207 e. The molecule has 64 heavy (non-hydrogen) atoms. The van der Waals surface area contributed by atoms with Gasteiger partial charge in [0.2, 0.25) is 0 Å². The van der Waals surface area contributed by atoms with Crippen LogP contribution in [0.3, 0.4) is 0 Å². The maximum atomic E-state index is 15.6. The Labute approximate surface area is 347 Å². The molecule has 0 aliphatic carbocycles. The minimum absolute atomic E-state index is 0.143. The fourth-order valence-corrected chi connectivity index (χ4v) is 7.33. The first-order valence-corrected chi connectivity index (χ1v) is 17.7. The molecule has 0 aliphatic rings. The van der Waals surface area contributed by atoms with Crippen LogP contribution in [-0.4, -0.2) is 6.15 Å². The van der Waals surface area contributed by atoms with E-state index >= 15 is 35.1 Å². The molecule has 0 fully saturated rings. The van der Waals surface area contributed by atoms with Gasteiger partial charge in [-0.3, -0.25) is 0 Å². The van der Waals surface area contributed by atoms with Crippen LogP contribution < -0.4 is 21.9 Å². The molecule has 0 spiro atoms. The predicted molar refractivity (Wildman–Crippen MR) is 194 cm³/mol. The van der Waals surface area contributed by atoms with Gasteiger partial charge in [0.05, 0.1) is 22.6 Å². The minimum atomic E-state index is -7.05. The number of hydrogen-bond acceptors (Lipinski definition) is 0. The van der Waals surface area contributed by atoms with Crippen LogP contribution in [-0.2, 0) is 0 Å². The van der Waals surface area contributed by atoms with Crippen molar-refractivity contribution in [2.75, 3.05) is 0 Å². The molecule has 7 aromatic carbocycles. The molecular formula is C44H18BF19. The minimum Gasteiger partial charge on any atom is -0.207 e. The standard InChI is InChI=1S/C25H3BF19.C19H15/c1-2-7(27)9(29)3(10(30)8(2)28)26(4-11(31)17(37)23(43)18(38)12(4)32,5-13(33)19(39)24(44)20(40)14(5)34)6-15(35)21(41)25(45)22(42)16(6)36;1-4-10-16(11-5-1)19(17-12-6-2-7-13-17)18-14-8-3-9-15-18/h1H3;1-15H/q-1;+1. The van der Waals surface area contributed by atoms with Crippen LogP contribution in [0.15, 0.2) is 91.0 Å². The summed E-state index contributed by atoms with van der Waals surface area (Å²) in [6, 6.07) is 31.6. The number of hydrogen-bond donors (Lipinski definition) is 0. The molecule has 0 radical (unpaired) electrons. The lowest BCUT2D eigenvalue weighted by Crippen LogP contribution is -2.81. The van der Waals surface area contributed by atoms with Crippen molar-refractivity contribution in [3.63, 3.8) is 0 Å². The Hall–Kier alpha value is -6.86. The molecule has 0 unspecified atom stereocenters. The Morgan fingerprint density at radius 1 is 0.250 bits per heavy atom. The van der Waals surface area contributed by atoms with Gasteiger partial charge in [-0.1, -0.05) is 18.2 Å². The van der Waals surface area contributed by atoms with Gasteiger partial charge in [-0.15, -0.1) is 21.9 Å². The highest BCUT2D eigenvalue weighted by atomic mass is 19.2. The zero-order valence-corrected chi connectivity index (χ0v) is 31.4. The van der Waals surface area contributed by atoms with E-state index in [0.29, 0.717) is 0 Å². The molecule has 330 valence electrons. The molecular weight excluding hydrogens is 900 g/mol. The van der Waals surface area contributed by atoms with E-state index in [1.165, 1.54) is 22.6 Å². The molecule has 7 rings (SSSR count). The third-order valence-electron chi connectivity index (χ3n) is 10.2. The van der Waals surface area contributed by atoms with E-state index in [1.807, 2.05) is 0 Å². The number of benzene rings is 7. The Balaban J connectivity index is 0.000000295. The van der Waals surface area contributed by atoms with Crippen LogP contribution in [0.1, 0.15) is 22.3 Å². The van der Waals surface area contributed by atoms with Gasteiger partial charge >= 0.3 is 0 Å². The summed E-state index contributed by atoms with van der Waals surface area (Å²) in [5.41, 5.74) is -11.8. The maximum Gasteiger partial charge on any atom is 0.200 e. The van der Waals surface area contributed by atoms with Gasteiger partial charge in [-0.2, -0.15) is 0 Å². The number of halogens is 19. The second-order valence-electron chi connectivity index (χ2n) is 13.6. The third-order valence-corrected chi connectivity index (χ3v) is 10.2. The van der Waals surface area contributed by atoms with Crippen LogP contribution in [0.5, 0.6) is 0 Å². The average Bonchev–Trinajstić information content (AvgIpc) is 3.30. The summed E-state index contributed by atoms with van der Waals surface area (Å²) < 4.78 is 282. The van der Waals surface area contributed by atoms with Gasteiger partial charge in [0.25, 0.3) is 0 Å². The van der Waals surface area contributed by atoms with Crippen LogP contribution in [0.25, 0.3) is 0 Å². The van der Waals surface area contributed by atoms with Crippen molar-refractivity contribution >= 4 is 28.0 Å². The van der Waals surface area contributed by atoms with Gasteiger partial charge in [0.1, 0.15) is 52.7 Å². The normalized spacial score (nSPS) is 11.4. The molecule has 0 aliphatic heterocycles. The molecule has 0 saturated carbocycles. The molecule has 0 aromatic heterocycles. The van der Waals surface area contributed by atoms with Crippen molar-refractivity contribution < 1.29 is 83.4 Å². The zero-order valence-electron chi connectivity index (χ0n) is 31.4. The summed E-state index contributed by atoms with van der Waals surface area (Å²) in [7, 11) is 0. The zero-order chi connectivity index (χ0) is 47.3. The van der Waals surface area contributed by atoms with Gasteiger partial charge in [-0.05, 0) is 79.7 Å². The van der Waals surface area contributed by atoms with Gasteiger partial charge in [-0.25, -0.2) is 83.4 Å². The predicted octanol–water partition coefficient (Wildman–Crippen LogP) is 10.7.